The summed E-state index contributed by atoms with van der Waals surface area (Å²) in [4.78, 5) is 24.6. The van der Waals surface area contributed by atoms with Crippen molar-refractivity contribution in [1.82, 2.24) is 18.7 Å². The minimum Gasteiger partial charge on any atom is -0.477 e. The number of carboxylic acid groups (broad SMARTS) is 1. The molecule has 2 atom stereocenters. The maximum atomic E-state index is 13.6. The highest BCUT2D eigenvalue weighted by molar-refractivity contribution is 7.89. The third-order valence-corrected chi connectivity index (χ3v) is 11.4. The maximum Gasteiger partial charge on any atom is 0.352 e. The molecule has 3 N–H and O–H groups in total. The number of carbonyl (C=O) groups is 2. The predicted molar refractivity (Wildman–Crippen MR) is 181 cm³/mol. The van der Waals surface area contributed by atoms with Crippen molar-refractivity contribution in [1.29, 1.82) is 0 Å². The molecule has 2 fully saturated rings. The lowest BCUT2D eigenvalue weighted by molar-refractivity contribution is 0.0685. The number of anilines is 2. The first kappa shape index (κ1) is 32.5. The molecule has 2 aromatic heterocycles. The van der Waals surface area contributed by atoms with Crippen molar-refractivity contribution in [3.05, 3.63) is 89.2 Å². The normalized spacial score (nSPS) is 19.9. The van der Waals surface area contributed by atoms with Crippen LogP contribution in [-0.2, 0) is 28.9 Å². The van der Waals surface area contributed by atoms with Crippen LogP contribution < -0.4 is 10.6 Å². The number of nitrogens with one attached hydrogen (secondary N) is 2. The SMILES string of the molecule is Cc1ccc(-n2nc(C(C)(C)C)cc2NC(=O)Nc2ccc(CC3CC4CCC(C3)N4S(=O)(=O)c3ccc(C(=O)O)n3C)cc2)cc1. The smallest absolute Gasteiger partial charge is 0.352 e. The third kappa shape index (κ3) is 6.57. The molecule has 0 radical (unpaired) electrons. The minimum atomic E-state index is -3.82. The van der Waals surface area contributed by atoms with Gasteiger partial charge in [0.25, 0.3) is 10.0 Å². The molecule has 248 valence electrons. The Morgan fingerprint density at radius 3 is 2.15 bits per heavy atom. The summed E-state index contributed by atoms with van der Waals surface area (Å²) < 4.78 is 31.9. The number of urea groups is 1. The first-order valence-corrected chi connectivity index (χ1v) is 17.4. The van der Waals surface area contributed by atoms with Gasteiger partial charge in [0.2, 0.25) is 0 Å². The summed E-state index contributed by atoms with van der Waals surface area (Å²) in [5.74, 6) is -0.258. The molecule has 2 aliphatic rings. The Bertz CT molecular complexity index is 1890. The van der Waals surface area contributed by atoms with Crippen molar-refractivity contribution in [2.75, 3.05) is 10.6 Å². The number of sulfonamides is 1. The average Bonchev–Trinajstić information content (AvgIpc) is 3.69. The van der Waals surface area contributed by atoms with E-state index in [1.165, 1.54) is 23.7 Å². The van der Waals surface area contributed by atoms with Gasteiger partial charge in [0.05, 0.1) is 11.4 Å². The number of aryl methyl sites for hydroxylation is 1. The average molecular weight is 659 g/mol. The maximum absolute atomic E-state index is 13.6. The van der Waals surface area contributed by atoms with Crippen LogP contribution in [0, 0.1) is 12.8 Å². The van der Waals surface area contributed by atoms with Gasteiger partial charge in [0.15, 0.2) is 5.03 Å². The fourth-order valence-electron chi connectivity index (χ4n) is 6.94. The zero-order chi connectivity index (χ0) is 33.7. The van der Waals surface area contributed by atoms with Crippen molar-refractivity contribution >= 4 is 33.5 Å². The molecular formula is C35H42N6O5S. The molecular weight excluding hydrogens is 616 g/mol. The molecule has 4 aromatic rings. The van der Waals surface area contributed by atoms with Gasteiger partial charge in [-0.2, -0.15) is 9.40 Å². The van der Waals surface area contributed by atoms with E-state index in [1.54, 1.807) is 8.99 Å². The number of carboxylic acids is 1. The number of carbonyl (C=O) groups excluding carboxylic acids is 1. The van der Waals surface area contributed by atoms with Gasteiger partial charge < -0.3 is 15.0 Å². The molecule has 6 rings (SSSR count). The lowest BCUT2D eigenvalue weighted by Gasteiger charge is -2.38. The van der Waals surface area contributed by atoms with E-state index >= 15 is 0 Å². The van der Waals surface area contributed by atoms with Crippen molar-refractivity contribution < 1.29 is 23.1 Å². The van der Waals surface area contributed by atoms with Crippen molar-refractivity contribution in [3.8, 4) is 5.69 Å². The van der Waals surface area contributed by atoms with Crippen molar-refractivity contribution in [2.45, 2.75) is 82.3 Å². The molecule has 0 aliphatic carbocycles. The molecule has 4 heterocycles. The van der Waals surface area contributed by atoms with Gasteiger partial charge in [-0.3, -0.25) is 5.32 Å². The number of amides is 2. The van der Waals surface area contributed by atoms with Crippen LogP contribution >= 0.6 is 0 Å². The van der Waals surface area contributed by atoms with E-state index in [1.807, 2.05) is 61.5 Å². The number of fused-ring (bicyclic) bond motifs is 2. The number of benzene rings is 2. The first-order chi connectivity index (χ1) is 22.2. The fraction of sp³-hybridized carbons (Fsp3) is 0.400. The number of aromatic nitrogens is 3. The zero-order valence-electron chi connectivity index (χ0n) is 27.4. The molecule has 2 unspecified atom stereocenters. The summed E-state index contributed by atoms with van der Waals surface area (Å²) in [6.07, 6.45) is 3.91. The highest BCUT2D eigenvalue weighted by Crippen LogP contribution is 2.43. The summed E-state index contributed by atoms with van der Waals surface area (Å²) >= 11 is 0. The molecule has 2 aliphatic heterocycles. The number of hydrogen-bond acceptors (Lipinski definition) is 5. The molecule has 2 amide bonds. The van der Waals surface area contributed by atoms with Gasteiger partial charge in [0.1, 0.15) is 11.5 Å². The number of hydrogen-bond donors (Lipinski definition) is 3. The Hall–Kier alpha value is -4.42. The van der Waals surface area contributed by atoms with Crippen LogP contribution in [0.3, 0.4) is 0 Å². The third-order valence-electron chi connectivity index (χ3n) is 9.33. The second kappa shape index (κ2) is 12.3. The molecule has 11 nitrogen and oxygen atoms in total. The lowest BCUT2D eigenvalue weighted by Crippen LogP contribution is -2.47. The Morgan fingerprint density at radius 2 is 1.57 bits per heavy atom. The van der Waals surface area contributed by atoms with Crippen LogP contribution in [0.1, 0.15) is 73.8 Å². The van der Waals surface area contributed by atoms with Gasteiger partial charge in [-0.05, 0) is 86.9 Å². The summed E-state index contributed by atoms with van der Waals surface area (Å²) in [5.41, 5.74) is 4.39. The highest BCUT2D eigenvalue weighted by atomic mass is 32.2. The van der Waals surface area contributed by atoms with E-state index in [-0.39, 0.29) is 34.2 Å². The molecule has 47 heavy (non-hydrogen) atoms. The van der Waals surface area contributed by atoms with E-state index < -0.39 is 16.0 Å². The number of nitrogens with zero attached hydrogens (tertiary/aromatic N) is 4. The van der Waals surface area contributed by atoms with Crippen LogP contribution in [-0.4, -0.2) is 56.3 Å². The van der Waals surface area contributed by atoms with Crippen LogP contribution in [0.5, 0.6) is 0 Å². The first-order valence-electron chi connectivity index (χ1n) is 16.0. The standard InChI is InChI=1S/C35H42N6O5S/c1-22-6-12-26(13-7-22)40-31(21-30(38-40)35(2,3)4)37-34(44)36-25-10-8-23(9-11-25)18-24-19-27-14-15-28(20-24)41(27)47(45,46)32-17-16-29(33(42)43)39(32)5/h6-13,16-17,21,24,27-28H,14-15,18-20H2,1-5H3,(H,42,43)(H2,36,37,44). The lowest BCUT2D eigenvalue weighted by atomic mass is 9.87. The Morgan fingerprint density at radius 1 is 0.936 bits per heavy atom. The van der Waals surface area contributed by atoms with Crippen LogP contribution in [0.2, 0.25) is 0 Å². The second-order valence-electron chi connectivity index (χ2n) is 13.9. The number of rotatable bonds is 8. The fourth-order valence-corrected chi connectivity index (χ4v) is 9.00. The zero-order valence-corrected chi connectivity index (χ0v) is 28.2. The predicted octanol–water partition coefficient (Wildman–Crippen LogP) is 6.33. The van der Waals surface area contributed by atoms with Gasteiger partial charge >= 0.3 is 12.0 Å². The number of piperidine rings is 1. The van der Waals surface area contributed by atoms with E-state index in [2.05, 4.69) is 31.4 Å². The Labute approximate surface area is 275 Å². The van der Waals surface area contributed by atoms with Crippen LogP contribution in [0.15, 0.2) is 71.8 Å². The molecule has 2 saturated heterocycles. The van der Waals surface area contributed by atoms with E-state index in [9.17, 15) is 23.1 Å². The Balaban J connectivity index is 1.09. The van der Waals surface area contributed by atoms with Crippen LogP contribution in [0.25, 0.3) is 5.69 Å². The van der Waals surface area contributed by atoms with Crippen molar-refractivity contribution in [2.24, 2.45) is 13.0 Å². The van der Waals surface area contributed by atoms with E-state index in [0.717, 1.165) is 54.6 Å². The van der Waals surface area contributed by atoms with E-state index in [0.29, 0.717) is 17.4 Å². The molecule has 12 heteroatoms. The Kier molecular flexibility index (Phi) is 8.52. The molecule has 0 saturated carbocycles. The van der Waals surface area contributed by atoms with Gasteiger partial charge in [-0.1, -0.05) is 50.6 Å². The van der Waals surface area contributed by atoms with Gasteiger partial charge in [-0.25, -0.2) is 22.7 Å². The van der Waals surface area contributed by atoms with Crippen LogP contribution in [0.4, 0.5) is 16.3 Å². The van der Waals surface area contributed by atoms with E-state index in [4.69, 9.17) is 5.10 Å². The summed E-state index contributed by atoms with van der Waals surface area (Å²) in [6.45, 7) is 8.27. The largest absolute Gasteiger partial charge is 0.477 e. The second-order valence-corrected chi connectivity index (χ2v) is 15.7. The summed E-state index contributed by atoms with van der Waals surface area (Å²) in [7, 11) is -2.34. The highest BCUT2D eigenvalue weighted by Gasteiger charge is 2.48. The number of aromatic carboxylic acids is 1. The van der Waals surface area contributed by atoms with Gasteiger partial charge in [0, 0.05) is 36.3 Å². The summed E-state index contributed by atoms with van der Waals surface area (Å²) in [5, 5.41) is 20.1. The molecule has 2 aromatic carbocycles. The molecule has 0 spiro atoms. The monoisotopic (exact) mass is 658 g/mol. The quantitative estimate of drug-likeness (QED) is 0.202. The molecule has 2 bridgehead atoms. The topological polar surface area (TPSA) is 139 Å². The van der Waals surface area contributed by atoms with Crippen molar-refractivity contribution in [3.63, 3.8) is 0 Å². The minimum absolute atomic E-state index is 0.0200. The summed E-state index contributed by atoms with van der Waals surface area (Å²) in [6, 6.07) is 19.8. The van der Waals surface area contributed by atoms with Gasteiger partial charge in [-0.15, -0.1) is 0 Å².